The van der Waals surface area contributed by atoms with Crippen LogP contribution in [0, 0.1) is 5.92 Å². The van der Waals surface area contributed by atoms with Gasteiger partial charge in [0.1, 0.15) is 0 Å². The fraction of sp³-hybridized carbons (Fsp3) is 0.533. The van der Waals surface area contributed by atoms with E-state index >= 15 is 0 Å². The molecule has 1 aromatic carbocycles. The molecule has 0 saturated carbocycles. The van der Waals surface area contributed by atoms with Gasteiger partial charge in [-0.15, -0.1) is 0 Å². The predicted octanol–water partition coefficient (Wildman–Crippen LogP) is 2.25. The quantitative estimate of drug-likeness (QED) is 0.794. The highest BCUT2D eigenvalue weighted by molar-refractivity contribution is 5.81. The Kier molecular flexibility index (Phi) is 5.51. The van der Waals surface area contributed by atoms with Crippen molar-refractivity contribution in [3.05, 3.63) is 35.9 Å². The Morgan fingerprint density at radius 2 is 1.89 bits per heavy atom. The van der Waals surface area contributed by atoms with E-state index in [1.165, 1.54) is 0 Å². The molecule has 0 saturated heterocycles. The molecule has 0 radical (unpaired) electrons. The maximum absolute atomic E-state index is 11.7. The highest BCUT2D eigenvalue weighted by Gasteiger charge is 2.39. The SMILES string of the molecule is CNC(COC(C)C(C)C)(C(=O)O)c1ccccc1. The molecule has 2 atom stereocenters. The Morgan fingerprint density at radius 1 is 1.32 bits per heavy atom. The van der Waals surface area contributed by atoms with Crippen LogP contribution in [0.5, 0.6) is 0 Å². The Morgan fingerprint density at radius 3 is 2.32 bits per heavy atom. The largest absolute Gasteiger partial charge is 0.480 e. The molecule has 1 rings (SSSR count). The first-order valence-corrected chi connectivity index (χ1v) is 6.53. The van der Waals surface area contributed by atoms with Gasteiger partial charge in [0.05, 0.1) is 12.7 Å². The van der Waals surface area contributed by atoms with Gasteiger partial charge in [-0.3, -0.25) is 5.32 Å². The molecular weight excluding hydrogens is 242 g/mol. The highest BCUT2D eigenvalue weighted by Crippen LogP contribution is 2.23. The molecule has 0 fully saturated rings. The molecule has 19 heavy (non-hydrogen) atoms. The van der Waals surface area contributed by atoms with Gasteiger partial charge in [0, 0.05) is 0 Å². The summed E-state index contributed by atoms with van der Waals surface area (Å²) < 4.78 is 5.73. The molecule has 0 aromatic heterocycles. The van der Waals surface area contributed by atoms with Crippen LogP contribution in [0.1, 0.15) is 26.3 Å². The van der Waals surface area contributed by atoms with E-state index in [4.69, 9.17) is 4.74 Å². The van der Waals surface area contributed by atoms with E-state index in [9.17, 15) is 9.90 Å². The normalized spacial score (nSPS) is 16.1. The molecule has 0 aliphatic rings. The number of ether oxygens (including phenoxy) is 1. The first-order valence-electron chi connectivity index (χ1n) is 6.53. The fourth-order valence-electron chi connectivity index (χ4n) is 1.76. The molecule has 0 amide bonds. The standard InChI is InChI=1S/C15H23NO3/c1-11(2)12(3)19-10-15(16-4,14(17)18)13-8-6-5-7-9-13/h5-9,11-12,16H,10H2,1-4H3,(H,17,18). The van der Waals surface area contributed by atoms with Crippen LogP contribution in [-0.4, -0.2) is 30.8 Å². The van der Waals surface area contributed by atoms with Gasteiger partial charge in [0.15, 0.2) is 5.54 Å². The minimum atomic E-state index is -1.20. The summed E-state index contributed by atoms with van der Waals surface area (Å²) in [5.74, 6) is -0.587. The second-order valence-electron chi connectivity index (χ2n) is 5.09. The van der Waals surface area contributed by atoms with E-state index in [1.54, 1.807) is 19.2 Å². The zero-order chi connectivity index (χ0) is 14.5. The van der Waals surface area contributed by atoms with Gasteiger partial charge >= 0.3 is 5.97 Å². The zero-order valence-electron chi connectivity index (χ0n) is 12.0. The lowest BCUT2D eigenvalue weighted by atomic mass is 9.90. The van der Waals surface area contributed by atoms with Crippen molar-refractivity contribution in [3.8, 4) is 0 Å². The van der Waals surface area contributed by atoms with Crippen LogP contribution < -0.4 is 5.32 Å². The van der Waals surface area contributed by atoms with Crippen molar-refractivity contribution in [2.75, 3.05) is 13.7 Å². The van der Waals surface area contributed by atoms with Crippen LogP contribution in [-0.2, 0) is 15.1 Å². The summed E-state index contributed by atoms with van der Waals surface area (Å²) in [6.07, 6.45) is 0.00999. The van der Waals surface area contributed by atoms with Gasteiger partial charge in [0.25, 0.3) is 0 Å². The average Bonchev–Trinajstić information content (AvgIpc) is 2.40. The highest BCUT2D eigenvalue weighted by atomic mass is 16.5. The third-order valence-electron chi connectivity index (χ3n) is 3.56. The lowest BCUT2D eigenvalue weighted by molar-refractivity contribution is -0.149. The molecule has 4 nitrogen and oxygen atoms in total. The number of hydrogen-bond donors (Lipinski definition) is 2. The summed E-state index contributed by atoms with van der Waals surface area (Å²) in [5.41, 5.74) is -0.509. The maximum atomic E-state index is 11.7. The Hall–Kier alpha value is -1.39. The number of rotatable bonds is 7. The van der Waals surface area contributed by atoms with Gasteiger partial charge in [-0.25, -0.2) is 4.79 Å². The predicted molar refractivity (Wildman–Crippen MR) is 75.1 cm³/mol. The summed E-state index contributed by atoms with van der Waals surface area (Å²) in [7, 11) is 1.64. The van der Waals surface area contributed by atoms with E-state index in [1.807, 2.05) is 25.1 Å². The van der Waals surface area contributed by atoms with Gasteiger partial charge in [-0.05, 0) is 25.5 Å². The van der Waals surface area contributed by atoms with Crippen LogP contribution in [0.4, 0.5) is 0 Å². The molecule has 1 aromatic rings. The number of benzene rings is 1. The monoisotopic (exact) mass is 265 g/mol. The van der Waals surface area contributed by atoms with E-state index in [-0.39, 0.29) is 12.7 Å². The molecule has 106 valence electrons. The van der Waals surface area contributed by atoms with Crippen molar-refractivity contribution >= 4 is 5.97 Å². The van der Waals surface area contributed by atoms with Gasteiger partial charge < -0.3 is 9.84 Å². The summed E-state index contributed by atoms with van der Waals surface area (Å²) in [5, 5.41) is 12.5. The third kappa shape index (κ3) is 3.55. The topological polar surface area (TPSA) is 58.6 Å². The number of carbonyl (C=O) groups is 1. The van der Waals surface area contributed by atoms with Crippen molar-refractivity contribution in [1.82, 2.24) is 5.32 Å². The molecule has 2 unspecified atom stereocenters. The van der Waals surface area contributed by atoms with Crippen molar-refractivity contribution in [3.63, 3.8) is 0 Å². The summed E-state index contributed by atoms with van der Waals surface area (Å²) in [6.45, 7) is 6.16. The minimum Gasteiger partial charge on any atom is -0.480 e. The summed E-state index contributed by atoms with van der Waals surface area (Å²) in [4.78, 5) is 11.7. The fourth-order valence-corrected chi connectivity index (χ4v) is 1.76. The maximum Gasteiger partial charge on any atom is 0.330 e. The summed E-state index contributed by atoms with van der Waals surface area (Å²) in [6, 6.07) is 9.12. The van der Waals surface area contributed by atoms with Gasteiger partial charge in [0.2, 0.25) is 0 Å². The molecule has 4 heteroatoms. The first kappa shape index (κ1) is 15.7. The van der Waals surface area contributed by atoms with Gasteiger partial charge in [-0.2, -0.15) is 0 Å². The molecule has 0 aliphatic heterocycles. The third-order valence-corrected chi connectivity index (χ3v) is 3.56. The zero-order valence-corrected chi connectivity index (χ0v) is 12.0. The second kappa shape index (κ2) is 6.68. The van der Waals surface area contributed by atoms with Crippen LogP contribution in [0.15, 0.2) is 30.3 Å². The number of hydrogen-bond acceptors (Lipinski definition) is 3. The van der Waals surface area contributed by atoms with Crippen molar-refractivity contribution in [1.29, 1.82) is 0 Å². The number of nitrogens with one attached hydrogen (secondary N) is 1. The molecule has 0 heterocycles. The van der Waals surface area contributed by atoms with E-state index in [2.05, 4.69) is 19.2 Å². The summed E-state index contributed by atoms with van der Waals surface area (Å²) >= 11 is 0. The van der Waals surface area contributed by atoms with E-state index < -0.39 is 11.5 Å². The Labute approximate surface area is 114 Å². The lowest BCUT2D eigenvalue weighted by Gasteiger charge is -2.31. The van der Waals surface area contributed by atoms with Crippen molar-refractivity contribution in [2.45, 2.75) is 32.4 Å². The number of carboxylic acid groups (broad SMARTS) is 1. The van der Waals surface area contributed by atoms with Gasteiger partial charge in [-0.1, -0.05) is 44.2 Å². The molecule has 0 aliphatic carbocycles. The van der Waals surface area contributed by atoms with E-state index in [0.29, 0.717) is 11.5 Å². The van der Waals surface area contributed by atoms with E-state index in [0.717, 1.165) is 0 Å². The average molecular weight is 265 g/mol. The number of carboxylic acids is 1. The first-order chi connectivity index (χ1) is 8.94. The van der Waals surface area contributed by atoms with Crippen LogP contribution >= 0.6 is 0 Å². The van der Waals surface area contributed by atoms with Crippen molar-refractivity contribution in [2.24, 2.45) is 5.92 Å². The Balaban J connectivity index is 2.98. The molecule has 2 N–H and O–H groups in total. The molecular formula is C15H23NO3. The molecule has 0 spiro atoms. The number of aliphatic carboxylic acids is 1. The van der Waals surface area contributed by atoms with Crippen molar-refractivity contribution < 1.29 is 14.6 Å². The molecule has 0 bridgehead atoms. The Bertz CT molecular complexity index is 405. The smallest absolute Gasteiger partial charge is 0.330 e. The second-order valence-corrected chi connectivity index (χ2v) is 5.09. The van der Waals surface area contributed by atoms with Crippen LogP contribution in [0.3, 0.4) is 0 Å². The minimum absolute atomic E-state index is 0.00999. The number of likely N-dealkylation sites (N-methyl/N-ethyl adjacent to an activating group) is 1. The van der Waals surface area contributed by atoms with Crippen LogP contribution in [0.2, 0.25) is 0 Å². The van der Waals surface area contributed by atoms with Crippen LogP contribution in [0.25, 0.3) is 0 Å². The lowest BCUT2D eigenvalue weighted by Crippen LogP contribution is -2.51.